The number of thiocarbonyl (C=S) groups is 1. The first-order valence-electron chi connectivity index (χ1n) is 9.32. The Kier molecular flexibility index (Phi) is 8.45. The predicted molar refractivity (Wildman–Crippen MR) is 111 cm³/mol. The largest absolute Gasteiger partial charge is 0.494 e. The highest BCUT2D eigenvalue weighted by molar-refractivity contribution is 7.80. The van der Waals surface area contributed by atoms with Crippen LogP contribution in [0.15, 0.2) is 48.5 Å². The van der Waals surface area contributed by atoms with E-state index in [0.717, 1.165) is 31.4 Å². The maximum atomic E-state index is 12.8. The van der Waals surface area contributed by atoms with Crippen LogP contribution in [0.4, 0.5) is 18.9 Å². The molecule has 0 spiro atoms. The van der Waals surface area contributed by atoms with Crippen molar-refractivity contribution in [1.82, 2.24) is 5.32 Å². The smallest absolute Gasteiger partial charge is 0.416 e. The van der Waals surface area contributed by atoms with Gasteiger partial charge in [0.05, 0.1) is 12.2 Å². The molecule has 156 valence electrons. The number of nitrogens with one attached hydrogen (secondary N) is 2. The molecule has 0 aliphatic rings. The SMILES string of the molecule is CCCCCCOc1ccc(C(=O)NC(=S)Nc2cccc(C(F)(F)F)c2)cc1. The van der Waals surface area contributed by atoms with Crippen molar-refractivity contribution in [2.45, 2.75) is 38.8 Å². The first-order chi connectivity index (χ1) is 13.8. The van der Waals surface area contributed by atoms with Gasteiger partial charge in [-0.25, -0.2) is 0 Å². The van der Waals surface area contributed by atoms with Crippen molar-refractivity contribution < 1.29 is 22.7 Å². The number of rotatable bonds is 8. The average molecular weight is 424 g/mol. The van der Waals surface area contributed by atoms with Gasteiger partial charge in [0.1, 0.15) is 5.75 Å². The van der Waals surface area contributed by atoms with Gasteiger partial charge >= 0.3 is 6.18 Å². The third-order valence-corrected chi connectivity index (χ3v) is 4.26. The predicted octanol–water partition coefficient (Wildman–Crippen LogP) is 5.79. The summed E-state index contributed by atoms with van der Waals surface area (Å²) in [6.45, 7) is 2.77. The Balaban J connectivity index is 1.85. The molecule has 2 aromatic rings. The van der Waals surface area contributed by atoms with Crippen molar-refractivity contribution in [2.75, 3.05) is 11.9 Å². The molecule has 0 bridgehead atoms. The van der Waals surface area contributed by atoms with Gasteiger partial charge in [-0.1, -0.05) is 32.3 Å². The molecule has 1 amide bonds. The molecule has 29 heavy (non-hydrogen) atoms. The van der Waals surface area contributed by atoms with Gasteiger partial charge < -0.3 is 10.1 Å². The number of alkyl halides is 3. The van der Waals surface area contributed by atoms with E-state index in [1.807, 2.05) is 0 Å². The highest BCUT2D eigenvalue weighted by Crippen LogP contribution is 2.30. The van der Waals surface area contributed by atoms with Crippen LogP contribution in [0, 0.1) is 0 Å². The number of halogens is 3. The molecule has 2 rings (SSSR count). The molecule has 4 nitrogen and oxygen atoms in total. The highest BCUT2D eigenvalue weighted by Gasteiger charge is 2.30. The van der Waals surface area contributed by atoms with Crippen LogP contribution in [-0.2, 0) is 6.18 Å². The van der Waals surface area contributed by atoms with Crippen molar-refractivity contribution in [2.24, 2.45) is 0 Å². The molecular weight excluding hydrogens is 401 g/mol. The minimum Gasteiger partial charge on any atom is -0.494 e. The average Bonchev–Trinajstić information content (AvgIpc) is 2.67. The van der Waals surface area contributed by atoms with Crippen LogP contribution in [0.3, 0.4) is 0 Å². The fraction of sp³-hybridized carbons (Fsp3) is 0.333. The van der Waals surface area contributed by atoms with Gasteiger partial charge in [0.25, 0.3) is 5.91 Å². The second kappa shape index (κ2) is 10.8. The Bertz CT molecular complexity index is 823. The number of benzene rings is 2. The van der Waals surface area contributed by atoms with E-state index in [1.165, 1.54) is 18.6 Å². The minimum atomic E-state index is -4.46. The fourth-order valence-electron chi connectivity index (χ4n) is 2.53. The van der Waals surface area contributed by atoms with Crippen molar-refractivity contribution in [1.29, 1.82) is 0 Å². The summed E-state index contributed by atoms with van der Waals surface area (Å²) < 4.78 is 43.9. The molecule has 0 radical (unpaired) electrons. The normalized spacial score (nSPS) is 11.0. The Hall–Kier alpha value is -2.61. The van der Waals surface area contributed by atoms with Gasteiger partial charge in [-0.3, -0.25) is 10.1 Å². The Morgan fingerprint density at radius 3 is 2.45 bits per heavy atom. The molecular formula is C21H23F3N2O2S. The number of unbranched alkanes of at least 4 members (excludes halogenated alkanes) is 3. The van der Waals surface area contributed by atoms with Crippen LogP contribution >= 0.6 is 12.2 Å². The second-order valence-electron chi connectivity index (χ2n) is 6.42. The monoisotopic (exact) mass is 424 g/mol. The van der Waals surface area contributed by atoms with E-state index < -0.39 is 17.6 Å². The number of amides is 1. The van der Waals surface area contributed by atoms with Gasteiger partial charge in [0.15, 0.2) is 5.11 Å². The van der Waals surface area contributed by atoms with Crippen LogP contribution in [0.2, 0.25) is 0 Å². The first-order valence-corrected chi connectivity index (χ1v) is 9.73. The van der Waals surface area contributed by atoms with Gasteiger partial charge in [0.2, 0.25) is 0 Å². The Labute approximate surface area is 173 Å². The zero-order valence-corrected chi connectivity index (χ0v) is 16.8. The number of carbonyl (C=O) groups is 1. The molecule has 0 aromatic heterocycles. The lowest BCUT2D eigenvalue weighted by Crippen LogP contribution is -2.34. The van der Waals surface area contributed by atoms with Crippen LogP contribution in [0.5, 0.6) is 5.75 Å². The third kappa shape index (κ3) is 7.73. The van der Waals surface area contributed by atoms with Gasteiger partial charge in [-0.05, 0) is 61.1 Å². The maximum Gasteiger partial charge on any atom is 0.416 e. The lowest BCUT2D eigenvalue weighted by Gasteiger charge is -2.12. The van der Waals surface area contributed by atoms with Crippen molar-refractivity contribution in [3.05, 3.63) is 59.7 Å². The summed E-state index contributed by atoms with van der Waals surface area (Å²) >= 11 is 5.02. The molecule has 0 fully saturated rings. The number of ether oxygens (including phenoxy) is 1. The highest BCUT2D eigenvalue weighted by atomic mass is 32.1. The van der Waals surface area contributed by atoms with E-state index in [9.17, 15) is 18.0 Å². The van der Waals surface area contributed by atoms with Crippen LogP contribution < -0.4 is 15.4 Å². The van der Waals surface area contributed by atoms with Gasteiger partial charge in [0, 0.05) is 11.3 Å². The van der Waals surface area contributed by atoms with E-state index in [-0.39, 0.29) is 10.8 Å². The quantitative estimate of drug-likeness (QED) is 0.416. The van der Waals surface area contributed by atoms with Crippen molar-refractivity contribution in [3.8, 4) is 5.75 Å². The molecule has 8 heteroatoms. The number of anilines is 1. The summed E-state index contributed by atoms with van der Waals surface area (Å²) in [7, 11) is 0. The fourth-order valence-corrected chi connectivity index (χ4v) is 2.74. The maximum absolute atomic E-state index is 12.8. The van der Waals surface area contributed by atoms with Gasteiger partial charge in [-0.15, -0.1) is 0 Å². The lowest BCUT2D eigenvalue weighted by molar-refractivity contribution is -0.137. The summed E-state index contributed by atoms with van der Waals surface area (Å²) in [6, 6.07) is 11.2. The van der Waals surface area contributed by atoms with E-state index >= 15 is 0 Å². The summed E-state index contributed by atoms with van der Waals surface area (Å²) in [5.74, 6) is 0.201. The molecule has 0 heterocycles. The lowest BCUT2D eigenvalue weighted by atomic mass is 10.2. The van der Waals surface area contributed by atoms with E-state index in [1.54, 1.807) is 24.3 Å². The van der Waals surface area contributed by atoms with Gasteiger partial charge in [-0.2, -0.15) is 13.2 Å². The molecule has 2 aromatic carbocycles. The number of carbonyl (C=O) groups excluding carboxylic acids is 1. The molecule has 0 aliphatic heterocycles. The standard InChI is InChI=1S/C21H23F3N2O2S/c1-2-3-4-5-13-28-18-11-9-15(10-12-18)19(27)26-20(29)25-17-8-6-7-16(14-17)21(22,23)24/h6-12,14H,2-5,13H2,1H3,(H2,25,26,27,29). The third-order valence-electron chi connectivity index (χ3n) is 4.06. The minimum absolute atomic E-state index is 0.0921. The van der Waals surface area contributed by atoms with Crippen molar-refractivity contribution in [3.63, 3.8) is 0 Å². The second-order valence-corrected chi connectivity index (χ2v) is 6.83. The van der Waals surface area contributed by atoms with E-state index in [0.29, 0.717) is 17.9 Å². The molecule has 0 atom stereocenters. The molecule has 2 N–H and O–H groups in total. The molecule has 0 saturated heterocycles. The Morgan fingerprint density at radius 1 is 1.07 bits per heavy atom. The number of hydrogen-bond donors (Lipinski definition) is 2. The van der Waals surface area contributed by atoms with Crippen LogP contribution in [-0.4, -0.2) is 17.6 Å². The zero-order chi connectivity index (χ0) is 21.3. The molecule has 0 saturated carbocycles. The summed E-state index contributed by atoms with van der Waals surface area (Å²) in [6.07, 6.45) is -0.0214. The summed E-state index contributed by atoms with van der Waals surface area (Å²) in [4.78, 5) is 12.3. The van der Waals surface area contributed by atoms with Crippen LogP contribution in [0.25, 0.3) is 0 Å². The van der Waals surface area contributed by atoms with E-state index in [4.69, 9.17) is 17.0 Å². The summed E-state index contributed by atoms with van der Waals surface area (Å²) in [5.41, 5.74) is -0.310. The topological polar surface area (TPSA) is 50.4 Å². The summed E-state index contributed by atoms with van der Waals surface area (Å²) in [5, 5.41) is 4.94. The van der Waals surface area contributed by atoms with E-state index in [2.05, 4.69) is 17.6 Å². The van der Waals surface area contributed by atoms with Crippen LogP contribution in [0.1, 0.15) is 48.5 Å². The van der Waals surface area contributed by atoms with Crippen molar-refractivity contribution >= 4 is 28.9 Å². The number of hydrogen-bond acceptors (Lipinski definition) is 3. The zero-order valence-electron chi connectivity index (χ0n) is 16.0. The first kappa shape index (κ1) is 22.7. The Morgan fingerprint density at radius 2 is 1.79 bits per heavy atom. The molecule has 0 aliphatic carbocycles. The molecule has 0 unspecified atom stereocenters.